The second kappa shape index (κ2) is 13.7. The fraction of sp³-hybridized carbons (Fsp3) is 0.692. The van der Waals surface area contributed by atoms with Gasteiger partial charge in [-0.05, 0) is 78.3 Å². The van der Waals surface area contributed by atoms with Crippen molar-refractivity contribution >= 4 is 21.7 Å². The summed E-state index contributed by atoms with van der Waals surface area (Å²) in [6.45, 7) is 11.7. The van der Waals surface area contributed by atoms with Gasteiger partial charge in [0.05, 0.1) is 6.61 Å². The number of benzene rings is 1. The Morgan fingerprint density at radius 2 is 1.94 bits per heavy atom. The van der Waals surface area contributed by atoms with Crippen LogP contribution in [0.15, 0.2) is 18.2 Å². The molecule has 1 fully saturated rings. The third kappa shape index (κ3) is 10.9. The fourth-order valence-electron chi connectivity index (χ4n) is 4.27. The third-order valence-corrected chi connectivity index (χ3v) is 7.63. The highest BCUT2D eigenvalue weighted by Crippen LogP contribution is 2.21. The molecule has 1 N–H and O–H groups in total. The lowest BCUT2D eigenvalue weighted by Gasteiger charge is -2.31. The van der Waals surface area contributed by atoms with E-state index in [0.29, 0.717) is 18.9 Å². The molecule has 0 saturated carbocycles. The molecule has 1 aromatic rings. The largest absolute Gasteiger partial charge is 0.450 e. The maximum atomic E-state index is 12.7. The summed E-state index contributed by atoms with van der Waals surface area (Å²) in [7, 11) is 1.31. The first-order chi connectivity index (χ1) is 16.0. The summed E-state index contributed by atoms with van der Waals surface area (Å²) in [6.07, 6.45) is 2.22. The van der Waals surface area contributed by atoms with Crippen molar-refractivity contribution in [2.45, 2.75) is 84.2 Å². The molecule has 0 unspecified atom stereocenters. The number of rotatable bonds is 10. The summed E-state index contributed by atoms with van der Waals surface area (Å²) in [4.78, 5) is 26.6. The Bertz CT molecular complexity index is 770. The summed E-state index contributed by atoms with van der Waals surface area (Å²) in [5.41, 5.74) is 3.35. The highest BCUT2D eigenvalue weighted by Gasteiger charge is 2.27. The normalized spacial score (nSPS) is 17.4. The Balaban J connectivity index is 1.82. The highest BCUT2D eigenvalue weighted by atomic mass is 28.2. The molecule has 2 rings (SSSR count). The van der Waals surface area contributed by atoms with Gasteiger partial charge in [-0.15, -0.1) is 0 Å². The minimum atomic E-state index is -0.606. The van der Waals surface area contributed by atoms with Crippen LogP contribution in [0.25, 0.3) is 0 Å². The second-order valence-corrected chi connectivity index (χ2v) is 12.4. The van der Waals surface area contributed by atoms with Crippen LogP contribution in [0.3, 0.4) is 0 Å². The van der Waals surface area contributed by atoms with Crippen molar-refractivity contribution in [3.63, 3.8) is 0 Å². The van der Waals surface area contributed by atoms with Gasteiger partial charge in [0.1, 0.15) is 11.8 Å². The first-order valence-corrected chi connectivity index (χ1v) is 14.6. The molecule has 1 aromatic carbocycles. The molecular formula is C26H44N2O5Si. The smallest absolute Gasteiger partial charge is 0.411 e. The molecule has 0 spiro atoms. The Morgan fingerprint density at radius 1 is 1.24 bits per heavy atom. The van der Waals surface area contributed by atoms with Crippen LogP contribution in [0.1, 0.15) is 63.1 Å². The van der Waals surface area contributed by atoms with Gasteiger partial charge in [0, 0.05) is 29.8 Å². The number of nitrogens with zero attached hydrogens (tertiary/aromatic N) is 1. The number of carbonyl (C=O) groups is 2. The molecule has 1 aliphatic heterocycles. The van der Waals surface area contributed by atoms with Crippen molar-refractivity contribution in [3.8, 4) is 0 Å². The number of alkyl carbamates (subject to hydrolysis) is 1. The van der Waals surface area contributed by atoms with Gasteiger partial charge in [0.2, 0.25) is 0 Å². The van der Waals surface area contributed by atoms with E-state index in [4.69, 9.17) is 14.2 Å². The number of carbonyl (C=O) groups excluding carboxylic acids is 2. The van der Waals surface area contributed by atoms with Crippen LogP contribution in [0.4, 0.5) is 9.59 Å². The summed E-state index contributed by atoms with van der Waals surface area (Å²) in [6, 6.07) is 8.69. The number of hydrogen-bond donors (Lipinski definition) is 1. The van der Waals surface area contributed by atoms with Crippen molar-refractivity contribution < 1.29 is 23.8 Å². The molecule has 0 aliphatic carbocycles. The van der Waals surface area contributed by atoms with E-state index >= 15 is 0 Å². The van der Waals surface area contributed by atoms with Gasteiger partial charge >= 0.3 is 12.2 Å². The zero-order chi connectivity index (χ0) is 25.1. The van der Waals surface area contributed by atoms with E-state index in [-0.39, 0.29) is 9.52 Å². The molecule has 0 radical (unpaired) electrons. The Kier molecular flexibility index (Phi) is 11.4. The summed E-state index contributed by atoms with van der Waals surface area (Å²) in [5.74, 6) is 0.442. The van der Waals surface area contributed by atoms with Gasteiger partial charge in [-0.2, -0.15) is 0 Å². The molecule has 1 heterocycles. The van der Waals surface area contributed by atoms with Gasteiger partial charge in [-0.3, -0.25) is 4.90 Å². The zero-order valence-corrected chi connectivity index (χ0v) is 23.4. The third-order valence-electron chi connectivity index (χ3n) is 5.91. The Hall–Kier alpha value is -2.06. The number of hydrogen-bond acceptors (Lipinski definition) is 5. The van der Waals surface area contributed by atoms with Crippen LogP contribution >= 0.6 is 0 Å². The second-order valence-electron chi connectivity index (χ2n) is 10.5. The summed E-state index contributed by atoms with van der Waals surface area (Å²) < 4.78 is 16.5. The van der Waals surface area contributed by atoms with E-state index in [9.17, 15) is 9.59 Å². The molecule has 34 heavy (non-hydrogen) atoms. The van der Waals surface area contributed by atoms with Gasteiger partial charge in [-0.1, -0.05) is 34.9 Å². The van der Waals surface area contributed by atoms with E-state index in [1.54, 1.807) is 7.05 Å². The lowest BCUT2D eigenvalue weighted by Crippen LogP contribution is -2.50. The molecule has 1 aliphatic rings. The van der Waals surface area contributed by atoms with Crippen LogP contribution in [-0.2, 0) is 20.3 Å². The van der Waals surface area contributed by atoms with Crippen LogP contribution in [0.2, 0.25) is 6.04 Å². The molecule has 0 aromatic heterocycles. The average Bonchev–Trinajstić information content (AvgIpc) is 2.74. The molecule has 2 atom stereocenters. The fourth-order valence-corrected chi connectivity index (χ4v) is 5.56. The molecule has 8 heteroatoms. The van der Waals surface area contributed by atoms with Crippen LogP contribution in [0, 0.1) is 19.8 Å². The molecule has 0 bridgehead atoms. The number of amides is 2. The van der Waals surface area contributed by atoms with Crippen LogP contribution in [0.5, 0.6) is 0 Å². The van der Waals surface area contributed by atoms with Crippen molar-refractivity contribution in [1.82, 2.24) is 10.2 Å². The average molecular weight is 493 g/mol. The monoisotopic (exact) mass is 492 g/mol. The zero-order valence-electron chi connectivity index (χ0n) is 21.9. The quantitative estimate of drug-likeness (QED) is 0.295. The molecule has 192 valence electrons. The van der Waals surface area contributed by atoms with E-state index in [2.05, 4.69) is 37.4 Å². The highest BCUT2D eigenvalue weighted by molar-refractivity contribution is 6.35. The summed E-state index contributed by atoms with van der Waals surface area (Å²) >= 11 is 0. The van der Waals surface area contributed by atoms with E-state index in [0.717, 1.165) is 44.6 Å². The number of aryl methyl sites for hydroxylation is 2. The first kappa shape index (κ1) is 28.2. The Morgan fingerprint density at radius 3 is 2.56 bits per heavy atom. The van der Waals surface area contributed by atoms with E-state index in [1.807, 2.05) is 20.8 Å². The van der Waals surface area contributed by atoms with E-state index < -0.39 is 24.0 Å². The van der Waals surface area contributed by atoms with Gasteiger partial charge in [-0.25, -0.2) is 9.59 Å². The number of ether oxygens (including phenoxy) is 3. The van der Waals surface area contributed by atoms with Crippen LogP contribution in [-0.4, -0.2) is 65.2 Å². The predicted octanol–water partition coefficient (Wildman–Crippen LogP) is 4.52. The first-order valence-electron chi connectivity index (χ1n) is 12.6. The lowest BCUT2D eigenvalue weighted by molar-refractivity contribution is 0.0341. The standard InChI is InChI=1S/C26H44N2O5Si/c1-19-14-20(2)16-22(15-19)18-34-13-12-32-25(30)28(6)23(27-24(29)33-26(3,4)5)10-9-21-8-7-11-31-17-21/h14-16,21,23H,7-13,17-18,34H2,1-6H3,(H,27,29)/t21-,23-/m0/s1. The lowest BCUT2D eigenvalue weighted by atomic mass is 9.96. The predicted molar refractivity (Wildman–Crippen MR) is 138 cm³/mol. The summed E-state index contributed by atoms with van der Waals surface area (Å²) in [5, 5.41) is 2.86. The van der Waals surface area contributed by atoms with Crippen molar-refractivity contribution in [1.29, 1.82) is 0 Å². The molecule has 1 saturated heterocycles. The van der Waals surface area contributed by atoms with Crippen molar-refractivity contribution in [2.24, 2.45) is 5.92 Å². The van der Waals surface area contributed by atoms with Gasteiger partial charge in [0.25, 0.3) is 0 Å². The van der Waals surface area contributed by atoms with Gasteiger partial charge in [0.15, 0.2) is 0 Å². The van der Waals surface area contributed by atoms with Crippen molar-refractivity contribution in [2.75, 3.05) is 26.9 Å². The molecule has 7 nitrogen and oxygen atoms in total. The van der Waals surface area contributed by atoms with Gasteiger partial charge < -0.3 is 19.5 Å². The van der Waals surface area contributed by atoms with Crippen molar-refractivity contribution in [3.05, 3.63) is 34.9 Å². The molecule has 2 amide bonds. The minimum absolute atomic E-state index is 0.366. The SMILES string of the molecule is Cc1cc(C)cc(C[SiH2]CCOC(=O)N(C)[C@@H](CC[C@@H]2CCCOC2)NC(=O)OC(C)(C)C)c1. The number of nitrogens with one attached hydrogen (secondary N) is 1. The van der Waals surface area contributed by atoms with E-state index in [1.165, 1.54) is 21.6 Å². The minimum Gasteiger partial charge on any atom is -0.450 e. The topological polar surface area (TPSA) is 77.1 Å². The Labute approximate surface area is 207 Å². The molecular weight excluding hydrogens is 448 g/mol. The maximum Gasteiger partial charge on any atom is 0.411 e. The maximum absolute atomic E-state index is 12.7. The van der Waals surface area contributed by atoms with Crippen LogP contribution < -0.4 is 5.32 Å².